The minimum Gasteiger partial charge on any atom is -0.469 e. The van der Waals surface area contributed by atoms with Crippen molar-refractivity contribution in [3.8, 4) is 0 Å². The zero-order valence-corrected chi connectivity index (χ0v) is 22.1. The maximum Gasteiger partial charge on any atom is 0.305 e. The Hall–Kier alpha value is -1.36. The van der Waals surface area contributed by atoms with Crippen LogP contribution in [0, 0.1) is 46.3 Å². The summed E-state index contributed by atoms with van der Waals surface area (Å²) in [6.07, 6.45) is 10.7. The van der Waals surface area contributed by atoms with Gasteiger partial charge in [-0.1, -0.05) is 26.8 Å². The van der Waals surface area contributed by atoms with E-state index in [0.717, 1.165) is 32.1 Å². The molecule has 0 aliphatic heterocycles. The number of methoxy groups -OCH3 is 1. The van der Waals surface area contributed by atoms with Crippen molar-refractivity contribution in [2.24, 2.45) is 46.3 Å². The first-order valence-electron chi connectivity index (χ1n) is 13.6. The monoisotopic (exact) mass is 474 g/mol. The summed E-state index contributed by atoms with van der Waals surface area (Å²) in [5, 5.41) is 11.8. The van der Waals surface area contributed by atoms with Crippen LogP contribution in [0.2, 0.25) is 0 Å². The number of carbonyl (C=O) groups excluding carboxylic acids is 2. The van der Waals surface area contributed by atoms with Crippen LogP contribution in [0.1, 0.15) is 92.4 Å². The highest BCUT2D eigenvalue weighted by Gasteiger charge is 2.64. The molecular weight excluding hydrogens is 428 g/mol. The zero-order valence-electron chi connectivity index (χ0n) is 22.1. The molecule has 0 aromatic carbocycles. The standard InChI is InChI=1S/C29H46O5/c1-7-20-24-16-19(34-18(3)30)12-14-29(24,5)23-13-15-28(4)21(17(2)8-11-25(31)33-6)9-10-22(28)26(23)27(20)32/h7,17,19,21-24,26-27,32H,8-16H2,1-6H3/b20-7+/t17-,19-,21?,22+,23+,24?,26?,27?,28?,29?/m1/s1. The number of fused-ring (bicyclic) bond motifs is 5. The van der Waals surface area contributed by atoms with E-state index in [1.165, 1.54) is 38.9 Å². The summed E-state index contributed by atoms with van der Waals surface area (Å²) in [7, 11) is 1.47. The molecule has 34 heavy (non-hydrogen) atoms. The quantitative estimate of drug-likeness (QED) is 0.409. The zero-order chi connectivity index (χ0) is 24.8. The van der Waals surface area contributed by atoms with Crippen LogP contribution in [0.5, 0.6) is 0 Å². The van der Waals surface area contributed by atoms with Gasteiger partial charge in [-0.3, -0.25) is 9.59 Å². The number of esters is 2. The van der Waals surface area contributed by atoms with Crippen molar-refractivity contribution in [2.75, 3.05) is 7.11 Å². The summed E-state index contributed by atoms with van der Waals surface area (Å²) in [5.41, 5.74) is 1.56. The lowest BCUT2D eigenvalue weighted by Gasteiger charge is -2.63. The predicted molar refractivity (Wildman–Crippen MR) is 132 cm³/mol. The summed E-state index contributed by atoms with van der Waals surface area (Å²) in [6.45, 7) is 10.8. The highest BCUT2D eigenvalue weighted by molar-refractivity contribution is 5.69. The summed E-state index contributed by atoms with van der Waals surface area (Å²) < 4.78 is 10.5. The Morgan fingerprint density at radius 3 is 2.44 bits per heavy atom. The van der Waals surface area contributed by atoms with Crippen molar-refractivity contribution >= 4 is 11.9 Å². The number of allylic oxidation sites excluding steroid dienone is 1. The van der Waals surface area contributed by atoms with E-state index in [0.29, 0.717) is 36.0 Å². The van der Waals surface area contributed by atoms with Gasteiger partial charge in [-0.25, -0.2) is 0 Å². The van der Waals surface area contributed by atoms with Gasteiger partial charge in [-0.2, -0.15) is 0 Å². The van der Waals surface area contributed by atoms with E-state index in [2.05, 4.69) is 33.8 Å². The van der Waals surface area contributed by atoms with Crippen molar-refractivity contribution in [3.63, 3.8) is 0 Å². The molecular formula is C29H46O5. The van der Waals surface area contributed by atoms with E-state index in [4.69, 9.17) is 9.47 Å². The number of hydrogen-bond acceptors (Lipinski definition) is 5. The molecule has 0 bridgehead atoms. The third kappa shape index (κ3) is 4.14. The number of aliphatic hydroxyl groups is 1. The molecule has 4 fully saturated rings. The average molecular weight is 475 g/mol. The lowest BCUT2D eigenvalue weighted by atomic mass is 9.42. The molecule has 5 nitrogen and oxygen atoms in total. The fraction of sp³-hybridized carbons (Fsp3) is 0.862. The minimum atomic E-state index is -0.405. The maximum absolute atomic E-state index is 11.8. The second-order valence-electron chi connectivity index (χ2n) is 12.4. The molecule has 0 saturated heterocycles. The van der Waals surface area contributed by atoms with E-state index in [9.17, 15) is 14.7 Å². The highest BCUT2D eigenvalue weighted by atomic mass is 16.5. The fourth-order valence-electron chi connectivity index (χ4n) is 9.43. The van der Waals surface area contributed by atoms with Gasteiger partial charge in [0.2, 0.25) is 0 Å². The molecule has 0 radical (unpaired) electrons. The van der Waals surface area contributed by atoms with E-state index >= 15 is 0 Å². The van der Waals surface area contributed by atoms with E-state index in [1.807, 2.05) is 0 Å². The Labute approximate surface area is 206 Å². The van der Waals surface area contributed by atoms with Crippen LogP contribution in [0.25, 0.3) is 0 Å². The Kier molecular flexibility index (Phi) is 7.26. The summed E-state index contributed by atoms with van der Waals surface area (Å²) in [6, 6.07) is 0. The molecule has 0 spiro atoms. The molecule has 5 heteroatoms. The number of carbonyl (C=O) groups is 2. The Morgan fingerprint density at radius 2 is 1.79 bits per heavy atom. The Balaban J connectivity index is 1.58. The van der Waals surface area contributed by atoms with Crippen LogP contribution < -0.4 is 0 Å². The minimum absolute atomic E-state index is 0.0327. The van der Waals surface area contributed by atoms with Crippen molar-refractivity contribution in [3.05, 3.63) is 11.6 Å². The molecule has 0 aromatic heterocycles. The van der Waals surface area contributed by atoms with Gasteiger partial charge in [0.1, 0.15) is 6.10 Å². The lowest BCUT2D eigenvalue weighted by Crippen LogP contribution is -2.59. The molecule has 0 aromatic rings. The summed E-state index contributed by atoms with van der Waals surface area (Å²) >= 11 is 0. The van der Waals surface area contributed by atoms with Gasteiger partial charge in [-0.15, -0.1) is 0 Å². The topological polar surface area (TPSA) is 72.8 Å². The number of ether oxygens (including phenoxy) is 2. The molecule has 0 heterocycles. The highest BCUT2D eigenvalue weighted by Crippen LogP contribution is 2.69. The summed E-state index contributed by atoms with van der Waals surface area (Å²) in [5.74, 6) is 2.38. The second-order valence-corrected chi connectivity index (χ2v) is 12.4. The van der Waals surface area contributed by atoms with Crippen LogP contribution in [0.4, 0.5) is 0 Å². The third-order valence-corrected chi connectivity index (χ3v) is 11.0. The van der Waals surface area contributed by atoms with Crippen molar-refractivity contribution < 1.29 is 24.2 Å². The largest absolute Gasteiger partial charge is 0.469 e. The molecule has 4 aliphatic carbocycles. The molecule has 4 aliphatic rings. The van der Waals surface area contributed by atoms with Crippen molar-refractivity contribution in [2.45, 2.75) is 105 Å². The van der Waals surface area contributed by atoms with Gasteiger partial charge in [-0.05, 0) is 110 Å². The first-order chi connectivity index (χ1) is 16.1. The number of aliphatic hydroxyl groups excluding tert-OH is 1. The smallest absolute Gasteiger partial charge is 0.305 e. The van der Waals surface area contributed by atoms with Gasteiger partial charge in [0, 0.05) is 13.3 Å². The number of rotatable bonds is 5. The van der Waals surface area contributed by atoms with Crippen LogP contribution in [-0.2, 0) is 19.1 Å². The second kappa shape index (κ2) is 9.59. The molecule has 4 saturated carbocycles. The van der Waals surface area contributed by atoms with Crippen molar-refractivity contribution in [1.29, 1.82) is 0 Å². The van der Waals surface area contributed by atoms with Crippen LogP contribution >= 0.6 is 0 Å². The van der Waals surface area contributed by atoms with Gasteiger partial charge < -0.3 is 14.6 Å². The molecule has 4 rings (SSSR count). The third-order valence-electron chi connectivity index (χ3n) is 11.0. The molecule has 0 amide bonds. The first kappa shape index (κ1) is 25.7. The van der Waals surface area contributed by atoms with Crippen LogP contribution in [0.15, 0.2) is 11.6 Å². The predicted octanol–water partition coefficient (Wildman–Crippen LogP) is 5.69. The van der Waals surface area contributed by atoms with E-state index < -0.39 is 6.10 Å². The lowest BCUT2D eigenvalue weighted by molar-refractivity contribution is -0.164. The molecule has 10 atom stereocenters. The van der Waals surface area contributed by atoms with Crippen LogP contribution in [-0.4, -0.2) is 36.4 Å². The van der Waals surface area contributed by atoms with Gasteiger partial charge in [0.15, 0.2) is 0 Å². The first-order valence-corrected chi connectivity index (χ1v) is 13.6. The normalized spacial score (nSPS) is 45.6. The Bertz CT molecular complexity index is 819. The Morgan fingerprint density at radius 1 is 1.12 bits per heavy atom. The molecule has 1 N–H and O–H groups in total. The fourth-order valence-corrected chi connectivity index (χ4v) is 9.43. The van der Waals surface area contributed by atoms with E-state index in [-0.39, 0.29) is 34.8 Å². The van der Waals surface area contributed by atoms with Gasteiger partial charge in [0.05, 0.1) is 13.2 Å². The van der Waals surface area contributed by atoms with Gasteiger partial charge in [0.25, 0.3) is 0 Å². The van der Waals surface area contributed by atoms with Gasteiger partial charge >= 0.3 is 11.9 Å². The van der Waals surface area contributed by atoms with E-state index in [1.54, 1.807) is 0 Å². The summed E-state index contributed by atoms with van der Waals surface area (Å²) in [4.78, 5) is 23.4. The van der Waals surface area contributed by atoms with Crippen LogP contribution in [0.3, 0.4) is 0 Å². The average Bonchev–Trinajstić information content (AvgIpc) is 3.15. The molecule has 6 unspecified atom stereocenters. The molecule has 192 valence electrons. The maximum atomic E-state index is 11.8. The SMILES string of the molecule is C/C=C1/C(O)C2[C@H](CCC3(C)C([C@H](C)CCC(=O)OC)CC[C@@H]23)C2(C)CC[C@@H](OC(C)=O)CC12. The van der Waals surface area contributed by atoms with Crippen molar-refractivity contribution in [1.82, 2.24) is 0 Å². The number of hydrogen-bond donors (Lipinski definition) is 1.